The lowest BCUT2D eigenvalue weighted by Crippen LogP contribution is -2.79. The number of hydrogen-bond donors (Lipinski definition) is 0. The lowest BCUT2D eigenvalue weighted by Gasteiger charge is -2.62. The van der Waals surface area contributed by atoms with Gasteiger partial charge >= 0.3 is 5.97 Å². The van der Waals surface area contributed by atoms with Gasteiger partial charge in [0.2, 0.25) is 0 Å². The molecule has 0 radical (unpaired) electrons. The van der Waals surface area contributed by atoms with Crippen LogP contribution in [0.25, 0.3) is 0 Å². The normalized spacial score (nSPS) is 35.3. The molecule has 0 aromatic heterocycles. The highest BCUT2D eigenvalue weighted by Gasteiger charge is 2.69. The van der Waals surface area contributed by atoms with Crippen molar-refractivity contribution in [3.8, 4) is 0 Å². The Hall–Kier alpha value is -1.88. The van der Waals surface area contributed by atoms with Crippen molar-refractivity contribution in [2.45, 2.75) is 49.2 Å². The summed E-state index contributed by atoms with van der Waals surface area (Å²) in [4.78, 5) is 0. The molecule has 2 aromatic carbocycles. The number of rotatable bonds is 10. The van der Waals surface area contributed by atoms with Crippen LogP contribution in [0.5, 0.6) is 0 Å². The minimum Gasteiger partial charge on any atom is -0.368 e. The van der Waals surface area contributed by atoms with Crippen LogP contribution < -0.4 is 0 Å². The topological polar surface area (TPSA) is 73.8 Å². The molecule has 8 heteroatoms. The van der Waals surface area contributed by atoms with Crippen LogP contribution >= 0.6 is 0 Å². The van der Waals surface area contributed by atoms with Crippen LogP contribution in [0, 0.1) is 0 Å². The Labute approximate surface area is 187 Å². The first-order valence-electron chi connectivity index (χ1n) is 10.7. The smallest absolute Gasteiger partial charge is 0.313 e. The molecular formula is C24H28O8. The van der Waals surface area contributed by atoms with Gasteiger partial charge in [-0.3, -0.25) is 0 Å². The molecule has 3 aliphatic heterocycles. The van der Waals surface area contributed by atoms with Gasteiger partial charge in [-0.25, -0.2) is 0 Å². The quantitative estimate of drug-likeness (QED) is 0.518. The van der Waals surface area contributed by atoms with E-state index in [4.69, 9.17) is 37.9 Å². The second-order valence-electron chi connectivity index (χ2n) is 8.01. The summed E-state index contributed by atoms with van der Waals surface area (Å²) in [5.41, 5.74) is 1.83. The third-order valence-electron chi connectivity index (χ3n) is 5.99. The molecule has 0 N–H and O–H groups in total. The van der Waals surface area contributed by atoms with E-state index in [1.54, 1.807) is 14.2 Å². The van der Waals surface area contributed by atoms with Crippen molar-refractivity contribution in [3.05, 3.63) is 71.8 Å². The zero-order chi connectivity index (χ0) is 22.0. The summed E-state index contributed by atoms with van der Waals surface area (Å²) in [6.07, 6.45) is -2.68. The van der Waals surface area contributed by atoms with Gasteiger partial charge in [-0.2, -0.15) is 0 Å². The first-order valence-corrected chi connectivity index (χ1v) is 10.7. The Bertz CT molecular complexity index is 837. The van der Waals surface area contributed by atoms with Crippen LogP contribution in [0.1, 0.15) is 11.1 Å². The summed E-state index contributed by atoms with van der Waals surface area (Å²) in [5, 5.41) is 0. The molecular weight excluding hydrogens is 416 g/mol. The van der Waals surface area contributed by atoms with Crippen molar-refractivity contribution in [1.82, 2.24) is 0 Å². The highest BCUT2D eigenvalue weighted by molar-refractivity contribution is 5.23. The lowest BCUT2D eigenvalue weighted by atomic mass is 9.81. The van der Waals surface area contributed by atoms with Crippen LogP contribution in [0.3, 0.4) is 0 Å². The number of benzene rings is 2. The number of methoxy groups -OCH3 is 2. The zero-order valence-corrected chi connectivity index (χ0v) is 18.1. The maximum Gasteiger partial charge on any atom is 0.313 e. The van der Waals surface area contributed by atoms with E-state index >= 15 is 0 Å². The molecule has 4 bridgehead atoms. The Kier molecular flexibility index (Phi) is 6.54. The summed E-state index contributed by atoms with van der Waals surface area (Å²) in [6.45, 7) is 0.594. The first kappa shape index (κ1) is 21.9. The highest BCUT2D eigenvalue weighted by atomic mass is 16.9. The van der Waals surface area contributed by atoms with Gasteiger partial charge in [0.1, 0.15) is 50.2 Å². The predicted molar refractivity (Wildman–Crippen MR) is 111 cm³/mol. The van der Waals surface area contributed by atoms with Gasteiger partial charge in [-0.15, -0.1) is 0 Å². The fourth-order valence-electron chi connectivity index (χ4n) is 4.62. The standard InChI is InChI=1S/C24H28O8/c1-25-14-28-19-21-18(27-13-16-9-5-3-6-10-16)22-20(29-15-26-2)23(19)32-24(30-21,31-22)17-11-7-4-8-12-17/h3-12,18-23H,13-15H2,1-2H3/t18?,19-,20-,21-,22+,23?,24?/m1/s1. The van der Waals surface area contributed by atoms with Gasteiger partial charge in [0.05, 0.1) is 6.61 Å². The van der Waals surface area contributed by atoms with E-state index in [0.29, 0.717) is 6.61 Å². The molecule has 2 aromatic rings. The van der Waals surface area contributed by atoms with Gasteiger partial charge < -0.3 is 37.9 Å². The molecule has 8 nitrogen and oxygen atoms in total. The molecule has 32 heavy (non-hydrogen) atoms. The Balaban J connectivity index is 1.46. The number of ether oxygens (including phenoxy) is 8. The van der Waals surface area contributed by atoms with Crippen LogP contribution in [-0.2, 0) is 50.5 Å². The Morgan fingerprint density at radius 2 is 1.12 bits per heavy atom. The van der Waals surface area contributed by atoms with Crippen LogP contribution in [0.15, 0.2) is 60.7 Å². The third-order valence-corrected chi connectivity index (χ3v) is 5.99. The molecule has 1 saturated carbocycles. The van der Waals surface area contributed by atoms with Gasteiger partial charge in [-0.05, 0) is 5.56 Å². The molecule has 3 saturated heterocycles. The van der Waals surface area contributed by atoms with E-state index in [-0.39, 0.29) is 13.6 Å². The molecule has 0 spiro atoms. The zero-order valence-electron chi connectivity index (χ0n) is 18.1. The van der Waals surface area contributed by atoms with E-state index in [2.05, 4.69) is 0 Å². The van der Waals surface area contributed by atoms with Crippen molar-refractivity contribution in [2.75, 3.05) is 27.8 Å². The first-order chi connectivity index (χ1) is 15.8. The summed E-state index contributed by atoms with van der Waals surface area (Å²) in [5.74, 6) is -1.34. The van der Waals surface area contributed by atoms with E-state index in [1.807, 2.05) is 60.7 Å². The summed E-state index contributed by atoms with van der Waals surface area (Å²) in [7, 11) is 3.16. The van der Waals surface area contributed by atoms with E-state index in [9.17, 15) is 0 Å². The molecule has 3 unspecified atom stereocenters. The molecule has 0 amide bonds. The SMILES string of the molecule is COCO[C@H]1C2OC3(c4ccccc4)O[C@@H]1C(OCc1ccccc1)[C@H](O3)[C@H]2OCOC. The van der Waals surface area contributed by atoms with E-state index in [0.717, 1.165) is 11.1 Å². The third kappa shape index (κ3) is 3.98. The molecule has 4 aliphatic rings. The van der Waals surface area contributed by atoms with Crippen molar-refractivity contribution < 1.29 is 37.9 Å². The molecule has 3 heterocycles. The van der Waals surface area contributed by atoms with Crippen molar-refractivity contribution in [3.63, 3.8) is 0 Å². The van der Waals surface area contributed by atoms with Crippen LogP contribution in [0.4, 0.5) is 0 Å². The van der Waals surface area contributed by atoms with Gasteiger partial charge in [0.25, 0.3) is 0 Å². The van der Waals surface area contributed by atoms with Crippen molar-refractivity contribution in [1.29, 1.82) is 0 Å². The maximum atomic E-state index is 6.42. The average Bonchev–Trinajstić information content (AvgIpc) is 2.84. The van der Waals surface area contributed by atoms with Gasteiger partial charge in [-0.1, -0.05) is 60.7 Å². The van der Waals surface area contributed by atoms with Gasteiger partial charge in [0.15, 0.2) is 0 Å². The molecule has 172 valence electrons. The Morgan fingerprint density at radius 3 is 1.62 bits per heavy atom. The summed E-state index contributed by atoms with van der Waals surface area (Å²) in [6, 6.07) is 19.6. The van der Waals surface area contributed by atoms with E-state index < -0.39 is 42.6 Å². The fraction of sp³-hybridized carbons (Fsp3) is 0.500. The minimum atomic E-state index is -1.34. The fourth-order valence-corrected chi connectivity index (χ4v) is 4.62. The maximum absolute atomic E-state index is 6.42. The second-order valence-corrected chi connectivity index (χ2v) is 8.01. The van der Waals surface area contributed by atoms with Crippen molar-refractivity contribution >= 4 is 0 Å². The monoisotopic (exact) mass is 444 g/mol. The molecule has 4 fully saturated rings. The highest BCUT2D eigenvalue weighted by Crippen LogP contribution is 2.52. The van der Waals surface area contributed by atoms with Crippen LogP contribution in [0.2, 0.25) is 0 Å². The minimum absolute atomic E-state index is 0.0939. The average molecular weight is 444 g/mol. The Morgan fingerprint density at radius 1 is 0.656 bits per heavy atom. The van der Waals surface area contributed by atoms with Gasteiger partial charge in [0, 0.05) is 19.8 Å². The largest absolute Gasteiger partial charge is 0.368 e. The summed E-state index contributed by atoms with van der Waals surface area (Å²) >= 11 is 0. The number of hydrogen-bond acceptors (Lipinski definition) is 8. The van der Waals surface area contributed by atoms with Crippen molar-refractivity contribution in [2.24, 2.45) is 0 Å². The van der Waals surface area contributed by atoms with Crippen LogP contribution in [-0.4, -0.2) is 64.4 Å². The second kappa shape index (κ2) is 9.54. The lowest BCUT2D eigenvalue weighted by molar-refractivity contribution is -0.555. The molecule has 7 atom stereocenters. The molecule has 6 rings (SSSR count). The van der Waals surface area contributed by atoms with E-state index in [1.165, 1.54) is 0 Å². The summed E-state index contributed by atoms with van der Waals surface area (Å²) < 4.78 is 47.9. The predicted octanol–water partition coefficient (Wildman–Crippen LogP) is 2.56. The molecule has 1 aliphatic carbocycles.